The summed E-state index contributed by atoms with van der Waals surface area (Å²) in [5.74, 6) is -4.04. The second kappa shape index (κ2) is 22.5. The van der Waals surface area contributed by atoms with Gasteiger partial charge in [-0.25, -0.2) is 4.79 Å². The summed E-state index contributed by atoms with van der Waals surface area (Å²) in [6.07, 6.45) is 14.2. The van der Waals surface area contributed by atoms with Crippen LogP contribution < -0.4 is 21.7 Å². The molecule has 54 heavy (non-hydrogen) atoms. The minimum Gasteiger partial charge on any atom is -0.507 e. The maximum atomic E-state index is 14.2. The third kappa shape index (κ3) is 13.3. The molecule has 8 N–H and O–H groups in total. The first-order chi connectivity index (χ1) is 25.9. The van der Waals surface area contributed by atoms with Crippen LogP contribution in [0.3, 0.4) is 0 Å². The lowest BCUT2D eigenvalue weighted by molar-refractivity contribution is -0.144. The van der Waals surface area contributed by atoms with Gasteiger partial charge in [-0.05, 0) is 74.5 Å². The summed E-state index contributed by atoms with van der Waals surface area (Å²) < 4.78 is 0. The molecule has 4 bridgehead atoms. The molecule has 0 fully saturated rings. The molecule has 13 heteroatoms. The van der Waals surface area contributed by atoms with Crippen LogP contribution in [0.5, 0.6) is 11.5 Å². The van der Waals surface area contributed by atoms with Gasteiger partial charge in [-0.1, -0.05) is 83.3 Å². The topological polar surface area (TPSA) is 211 Å². The van der Waals surface area contributed by atoms with Crippen molar-refractivity contribution < 1.29 is 39.3 Å². The van der Waals surface area contributed by atoms with Crippen molar-refractivity contribution in [1.82, 2.24) is 20.9 Å². The average molecular weight is 752 g/mol. The fraction of sp³-hybridized carbons (Fsp3) is 0.585. The molecule has 0 saturated heterocycles. The highest BCUT2D eigenvalue weighted by Crippen LogP contribution is 2.39. The number of aliphatic carboxylic acids is 1. The first kappa shape index (κ1) is 43.8. The smallest absolute Gasteiger partial charge is 0.326 e. The first-order valence-corrected chi connectivity index (χ1v) is 19.6. The van der Waals surface area contributed by atoms with E-state index in [4.69, 9.17) is 5.73 Å². The predicted octanol–water partition coefficient (Wildman–Crippen LogP) is 5.21. The van der Waals surface area contributed by atoms with Crippen molar-refractivity contribution in [3.05, 3.63) is 47.5 Å². The molecule has 2 aromatic rings. The van der Waals surface area contributed by atoms with Crippen LogP contribution in [0.2, 0.25) is 0 Å². The number of rotatable bonds is 20. The van der Waals surface area contributed by atoms with Gasteiger partial charge < -0.3 is 41.9 Å². The molecule has 1 aliphatic heterocycles. The molecule has 0 spiro atoms. The minimum absolute atomic E-state index is 0.133. The number of aromatic hydroxyl groups is 2. The van der Waals surface area contributed by atoms with E-state index in [9.17, 15) is 39.3 Å². The summed E-state index contributed by atoms with van der Waals surface area (Å²) in [5.41, 5.74) is 6.77. The highest BCUT2D eigenvalue weighted by atomic mass is 16.4. The van der Waals surface area contributed by atoms with Crippen molar-refractivity contribution in [2.24, 2.45) is 5.73 Å². The van der Waals surface area contributed by atoms with Crippen LogP contribution in [-0.2, 0) is 30.4 Å². The van der Waals surface area contributed by atoms with Crippen LogP contribution in [0, 0.1) is 0 Å². The molecule has 4 unspecified atom stereocenters. The van der Waals surface area contributed by atoms with E-state index in [-0.39, 0.29) is 53.4 Å². The number of carbonyl (C=O) groups is 5. The van der Waals surface area contributed by atoms with Gasteiger partial charge >= 0.3 is 5.97 Å². The van der Waals surface area contributed by atoms with Crippen molar-refractivity contribution in [3.8, 4) is 22.6 Å². The largest absolute Gasteiger partial charge is 0.507 e. The number of likely N-dealkylation sites (N-methyl/N-ethyl adjacent to an activating group) is 1. The number of unbranched alkanes of at least 4 members (excludes halogenated alkanes) is 11. The molecule has 1 aliphatic rings. The fourth-order valence-electron chi connectivity index (χ4n) is 6.85. The van der Waals surface area contributed by atoms with E-state index in [1.54, 1.807) is 0 Å². The predicted molar refractivity (Wildman–Crippen MR) is 208 cm³/mol. The van der Waals surface area contributed by atoms with Gasteiger partial charge in [-0.3, -0.25) is 19.2 Å². The number of nitrogens with two attached hydrogens (primary N) is 1. The monoisotopic (exact) mass is 751 g/mol. The second-order valence-corrected chi connectivity index (χ2v) is 14.5. The lowest BCUT2D eigenvalue weighted by atomic mass is 9.93. The molecule has 4 amide bonds. The summed E-state index contributed by atoms with van der Waals surface area (Å²) in [5, 5.41) is 39.6. The number of carboxylic acids is 1. The van der Waals surface area contributed by atoms with Gasteiger partial charge in [-0.2, -0.15) is 0 Å². The van der Waals surface area contributed by atoms with Gasteiger partial charge in [0.15, 0.2) is 0 Å². The number of carboxylic acid groups (broad SMARTS) is 1. The number of benzene rings is 2. The Morgan fingerprint density at radius 1 is 0.833 bits per heavy atom. The Balaban J connectivity index is 1.84. The Bertz CT molecular complexity index is 1570. The molecule has 13 nitrogen and oxygen atoms in total. The quantitative estimate of drug-likeness (QED) is 0.0884. The van der Waals surface area contributed by atoms with Crippen molar-refractivity contribution in [2.75, 3.05) is 13.6 Å². The molecule has 0 radical (unpaired) electrons. The van der Waals surface area contributed by atoms with E-state index in [2.05, 4.69) is 22.9 Å². The summed E-state index contributed by atoms with van der Waals surface area (Å²) in [6, 6.07) is 3.81. The minimum atomic E-state index is -1.36. The molecule has 3 rings (SSSR count). The number of phenols is 2. The number of nitrogens with one attached hydrogen (secondary N) is 3. The summed E-state index contributed by atoms with van der Waals surface area (Å²) in [6.45, 7) is 4.02. The van der Waals surface area contributed by atoms with E-state index in [1.165, 1.54) is 100 Å². The Hall–Kier alpha value is -4.65. The van der Waals surface area contributed by atoms with E-state index < -0.39 is 47.9 Å². The molecule has 4 atom stereocenters. The van der Waals surface area contributed by atoms with E-state index in [0.29, 0.717) is 31.4 Å². The van der Waals surface area contributed by atoms with Crippen molar-refractivity contribution in [1.29, 1.82) is 0 Å². The standard InChI is InChI=1S/C41H61N5O8/c1-4-5-6-7-8-9-10-11-12-13-14-18-36(49)44-32(17-15-16-23-42)40(52)46(3)37-29-20-22-35(48)31(26-29)30-24-28(19-21-34(30)47)25-33(41(53)54)45-38(50)27(2)43-39(37)51/h19-22,24,26-27,32-33,37,47-48H,4-18,23,25,42H2,1-3H3,(H,43,51)(H,44,49)(H,45,50)(H,53,54). The number of hydrogen-bond acceptors (Lipinski definition) is 8. The Morgan fingerprint density at radius 2 is 1.43 bits per heavy atom. The molecule has 0 saturated carbocycles. The van der Waals surface area contributed by atoms with E-state index in [1.807, 2.05) is 0 Å². The normalized spacial score (nSPS) is 17.8. The zero-order chi connectivity index (χ0) is 39.6. The maximum Gasteiger partial charge on any atom is 0.326 e. The number of hydrogen-bond donors (Lipinski definition) is 7. The molecule has 298 valence electrons. The van der Waals surface area contributed by atoms with Gasteiger partial charge in [0.25, 0.3) is 0 Å². The zero-order valence-electron chi connectivity index (χ0n) is 32.2. The summed E-state index contributed by atoms with van der Waals surface area (Å²) in [7, 11) is 1.43. The lowest BCUT2D eigenvalue weighted by Crippen LogP contribution is -2.54. The lowest BCUT2D eigenvalue weighted by Gasteiger charge is -2.32. The van der Waals surface area contributed by atoms with Crippen molar-refractivity contribution >= 4 is 29.6 Å². The molecule has 0 aromatic heterocycles. The van der Waals surface area contributed by atoms with Gasteiger partial charge in [0.05, 0.1) is 0 Å². The third-order valence-electron chi connectivity index (χ3n) is 10.1. The van der Waals surface area contributed by atoms with E-state index >= 15 is 0 Å². The first-order valence-electron chi connectivity index (χ1n) is 19.6. The zero-order valence-corrected chi connectivity index (χ0v) is 32.2. The SMILES string of the molecule is CCCCCCCCCCCCCC(=O)NC(CCCCN)C(=O)N(C)C1C(=O)NC(C)C(=O)NC(C(=O)O)Cc2ccc(O)c(c2)-c2cc1ccc2O. The van der Waals surface area contributed by atoms with Gasteiger partial charge in [-0.15, -0.1) is 0 Å². The number of nitrogens with zero attached hydrogens (tertiary/aromatic N) is 1. The Kier molecular flexibility index (Phi) is 18.3. The Morgan fingerprint density at radius 3 is 2.04 bits per heavy atom. The van der Waals surface area contributed by atoms with E-state index in [0.717, 1.165) is 19.3 Å². The second-order valence-electron chi connectivity index (χ2n) is 14.5. The Labute approximate surface area is 319 Å². The fourth-order valence-corrected chi connectivity index (χ4v) is 6.85. The van der Waals surface area contributed by atoms with Crippen LogP contribution >= 0.6 is 0 Å². The average Bonchev–Trinajstić information content (AvgIpc) is 3.13. The maximum absolute atomic E-state index is 14.2. The highest BCUT2D eigenvalue weighted by molar-refractivity contribution is 5.96. The van der Waals surface area contributed by atoms with Crippen LogP contribution in [0.4, 0.5) is 0 Å². The number of fused-ring (bicyclic) bond motifs is 5. The molecular formula is C41H61N5O8. The summed E-state index contributed by atoms with van der Waals surface area (Å²) >= 11 is 0. The number of phenolic OH excluding ortho intramolecular Hbond substituents is 2. The molecule has 0 aliphatic carbocycles. The van der Waals surface area contributed by atoms with Gasteiger partial charge in [0, 0.05) is 31.0 Å². The van der Waals surface area contributed by atoms with Crippen LogP contribution in [0.1, 0.15) is 127 Å². The van der Waals surface area contributed by atoms with Crippen LogP contribution in [-0.4, -0.2) is 81.5 Å². The van der Waals surface area contributed by atoms with Gasteiger partial charge in [0.2, 0.25) is 23.6 Å². The van der Waals surface area contributed by atoms with Crippen LogP contribution in [0.25, 0.3) is 11.1 Å². The van der Waals surface area contributed by atoms with Crippen molar-refractivity contribution in [3.63, 3.8) is 0 Å². The van der Waals surface area contributed by atoms with Crippen LogP contribution in [0.15, 0.2) is 36.4 Å². The summed E-state index contributed by atoms with van der Waals surface area (Å²) in [4.78, 5) is 67.9. The number of amides is 4. The number of carbonyl (C=O) groups excluding carboxylic acids is 4. The molecule has 1 heterocycles. The van der Waals surface area contributed by atoms with Gasteiger partial charge in [0.1, 0.15) is 35.7 Å². The third-order valence-corrected chi connectivity index (χ3v) is 10.1. The molecule has 2 aromatic carbocycles. The highest BCUT2D eigenvalue weighted by Gasteiger charge is 2.35. The molecular weight excluding hydrogens is 690 g/mol. The van der Waals surface area contributed by atoms with Crippen molar-refractivity contribution in [2.45, 2.75) is 141 Å².